The third-order valence-electron chi connectivity index (χ3n) is 1.46. The number of rotatable bonds is 1. The normalized spacial score (nSPS) is 10.6. The van der Waals surface area contributed by atoms with E-state index in [1.165, 1.54) is 12.1 Å². The fourth-order valence-corrected chi connectivity index (χ4v) is 1.24. The van der Waals surface area contributed by atoms with Crippen molar-refractivity contribution >= 4 is 10.1 Å². The van der Waals surface area contributed by atoms with Gasteiger partial charge >= 0.3 is 51.4 Å². The van der Waals surface area contributed by atoms with Crippen LogP contribution in [0.5, 0.6) is 5.75 Å². The van der Waals surface area contributed by atoms with Gasteiger partial charge in [0.15, 0.2) is 0 Å². The van der Waals surface area contributed by atoms with Gasteiger partial charge in [-0.15, -0.1) is 5.75 Å². The zero-order valence-corrected chi connectivity index (χ0v) is 11.3. The molecule has 0 aromatic heterocycles. The van der Waals surface area contributed by atoms with Crippen LogP contribution in [-0.4, -0.2) is 13.0 Å². The SMILES string of the molecule is Cc1ccc(S(=O)(=O)O)cc1[O-].[K+]. The van der Waals surface area contributed by atoms with E-state index in [1.54, 1.807) is 6.92 Å². The van der Waals surface area contributed by atoms with E-state index in [9.17, 15) is 13.5 Å². The second kappa shape index (κ2) is 4.88. The van der Waals surface area contributed by atoms with Gasteiger partial charge in [-0.3, -0.25) is 4.55 Å². The molecule has 1 aromatic carbocycles. The Hall–Kier alpha value is 0.566. The molecule has 6 heteroatoms. The quantitative estimate of drug-likeness (QED) is 0.418. The fraction of sp³-hybridized carbons (Fsp3) is 0.143. The largest absolute Gasteiger partial charge is 1.00 e. The topological polar surface area (TPSA) is 77.4 Å². The average Bonchev–Trinajstić information content (AvgIpc) is 1.92. The van der Waals surface area contributed by atoms with Crippen molar-refractivity contribution in [2.24, 2.45) is 0 Å². The van der Waals surface area contributed by atoms with Crippen molar-refractivity contribution in [2.45, 2.75) is 11.8 Å². The number of aryl methyl sites for hydroxylation is 1. The van der Waals surface area contributed by atoms with E-state index in [2.05, 4.69) is 0 Å². The molecular weight excluding hydrogens is 219 g/mol. The van der Waals surface area contributed by atoms with E-state index in [1.807, 2.05) is 0 Å². The van der Waals surface area contributed by atoms with E-state index in [-0.39, 0.29) is 56.3 Å². The van der Waals surface area contributed by atoms with Gasteiger partial charge in [0, 0.05) is 0 Å². The second-order valence-electron chi connectivity index (χ2n) is 2.40. The third-order valence-corrected chi connectivity index (χ3v) is 2.31. The van der Waals surface area contributed by atoms with Gasteiger partial charge in [0.2, 0.25) is 0 Å². The average molecular weight is 226 g/mol. The third kappa shape index (κ3) is 3.66. The molecule has 0 amide bonds. The molecule has 4 nitrogen and oxygen atoms in total. The molecule has 0 fully saturated rings. The predicted molar refractivity (Wildman–Crippen MR) is 40.4 cm³/mol. The molecule has 0 bridgehead atoms. The monoisotopic (exact) mass is 226 g/mol. The first kappa shape index (κ1) is 13.6. The summed E-state index contributed by atoms with van der Waals surface area (Å²) in [4.78, 5) is -0.363. The molecule has 0 saturated heterocycles. The zero-order valence-electron chi connectivity index (χ0n) is 7.31. The molecule has 66 valence electrons. The summed E-state index contributed by atoms with van der Waals surface area (Å²) in [6.45, 7) is 1.57. The van der Waals surface area contributed by atoms with Crippen LogP contribution in [0.25, 0.3) is 0 Å². The van der Waals surface area contributed by atoms with Gasteiger partial charge in [0.05, 0.1) is 4.90 Å². The molecular formula is C7H7KO4S. The van der Waals surface area contributed by atoms with Crippen LogP contribution in [0.1, 0.15) is 5.56 Å². The molecule has 0 radical (unpaired) electrons. The summed E-state index contributed by atoms with van der Waals surface area (Å²) < 4.78 is 29.6. The van der Waals surface area contributed by atoms with Gasteiger partial charge in [-0.25, -0.2) is 0 Å². The Morgan fingerprint density at radius 3 is 2.31 bits per heavy atom. The molecule has 0 aliphatic rings. The van der Waals surface area contributed by atoms with Crippen molar-refractivity contribution in [3.05, 3.63) is 23.8 Å². The van der Waals surface area contributed by atoms with Crippen molar-refractivity contribution in [1.82, 2.24) is 0 Å². The molecule has 0 unspecified atom stereocenters. The Balaban J connectivity index is 0.00000144. The van der Waals surface area contributed by atoms with Crippen molar-refractivity contribution in [1.29, 1.82) is 0 Å². The summed E-state index contributed by atoms with van der Waals surface area (Å²) in [5, 5.41) is 10.9. The van der Waals surface area contributed by atoms with Gasteiger partial charge < -0.3 is 5.11 Å². The van der Waals surface area contributed by atoms with Crippen molar-refractivity contribution in [3.63, 3.8) is 0 Å². The molecule has 0 saturated carbocycles. The summed E-state index contributed by atoms with van der Waals surface area (Å²) in [7, 11) is -4.24. The van der Waals surface area contributed by atoms with Crippen molar-refractivity contribution in [3.8, 4) is 5.75 Å². The van der Waals surface area contributed by atoms with Crippen molar-refractivity contribution in [2.75, 3.05) is 0 Å². The van der Waals surface area contributed by atoms with Crippen LogP contribution in [-0.2, 0) is 10.1 Å². The molecule has 1 N–H and O–H groups in total. The first-order chi connectivity index (χ1) is 5.41. The zero-order chi connectivity index (χ0) is 9.35. The van der Waals surface area contributed by atoms with E-state index in [4.69, 9.17) is 4.55 Å². The number of hydrogen-bond donors (Lipinski definition) is 1. The molecule has 13 heavy (non-hydrogen) atoms. The van der Waals surface area contributed by atoms with Gasteiger partial charge in [-0.1, -0.05) is 11.6 Å². The van der Waals surface area contributed by atoms with Crippen LogP contribution >= 0.6 is 0 Å². The van der Waals surface area contributed by atoms with Crippen LogP contribution in [0.3, 0.4) is 0 Å². The number of benzene rings is 1. The van der Waals surface area contributed by atoms with E-state index in [0.717, 1.165) is 6.07 Å². The van der Waals surface area contributed by atoms with Gasteiger partial charge in [-0.2, -0.15) is 8.42 Å². The first-order valence-corrected chi connectivity index (χ1v) is 4.60. The Morgan fingerprint density at radius 2 is 1.92 bits per heavy atom. The Morgan fingerprint density at radius 1 is 1.38 bits per heavy atom. The van der Waals surface area contributed by atoms with Crippen LogP contribution < -0.4 is 56.5 Å². The standard InChI is InChI=1S/C7H8O4S.K/c1-5-2-3-6(4-7(5)8)12(9,10)11;/h2-4,8H,1H3,(H,9,10,11);/q;+1/p-1. The van der Waals surface area contributed by atoms with Crippen molar-refractivity contribution < 1.29 is 69.5 Å². The van der Waals surface area contributed by atoms with Gasteiger partial charge in [-0.05, 0) is 19.1 Å². The minimum Gasteiger partial charge on any atom is -0.872 e. The maximum absolute atomic E-state index is 10.9. The summed E-state index contributed by atoms with van der Waals surface area (Å²) in [5.74, 6) is -0.398. The summed E-state index contributed by atoms with van der Waals surface area (Å²) >= 11 is 0. The Labute approximate surface area is 119 Å². The van der Waals surface area contributed by atoms with E-state index < -0.39 is 15.9 Å². The Kier molecular flexibility index (Phi) is 5.09. The maximum atomic E-state index is 10.9. The maximum Gasteiger partial charge on any atom is 1.00 e. The van der Waals surface area contributed by atoms with Crippen LogP contribution in [0.15, 0.2) is 23.1 Å². The second-order valence-corrected chi connectivity index (χ2v) is 3.82. The minimum absolute atomic E-state index is 0. The summed E-state index contributed by atoms with van der Waals surface area (Å²) in [6, 6.07) is 3.43. The fourth-order valence-electron chi connectivity index (χ4n) is 0.741. The Bertz CT molecular complexity index is 399. The number of hydrogen-bond acceptors (Lipinski definition) is 3. The van der Waals surface area contributed by atoms with Crippen LogP contribution in [0.2, 0.25) is 0 Å². The summed E-state index contributed by atoms with van der Waals surface area (Å²) in [6.07, 6.45) is 0. The molecule has 0 aliphatic carbocycles. The summed E-state index contributed by atoms with van der Waals surface area (Å²) in [5.41, 5.74) is 0.447. The molecule has 0 spiro atoms. The molecule has 0 heterocycles. The minimum atomic E-state index is -4.24. The molecule has 1 rings (SSSR count). The molecule has 0 aliphatic heterocycles. The van der Waals surface area contributed by atoms with E-state index >= 15 is 0 Å². The van der Waals surface area contributed by atoms with Gasteiger partial charge in [0.1, 0.15) is 0 Å². The molecule has 0 atom stereocenters. The smallest absolute Gasteiger partial charge is 0.872 e. The van der Waals surface area contributed by atoms with E-state index in [0.29, 0.717) is 5.56 Å². The predicted octanol–water partition coefficient (Wildman–Crippen LogP) is -2.68. The van der Waals surface area contributed by atoms with Crippen LogP contribution in [0, 0.1) is 6.92 Å². The van der Waals surface area contributed by atoms with Crippen LogP contribution in [0.4, 0.5) is 0 Å². The van der Waals surface area contributed by atoms with Gasteiger partial charge in [0.25, 0.3) is 10.1 Å². The first-order valence-electron chi connectivity index (χ1n) is 3.16. The molecule has 1 aromatic rings.